The first kappa shape index (κ1) is 8.44. The van der Waals surface area contributed by atoms with Gasteiger partial charge in [-0.1, -0.05) is 6.92 Å². The van der Waals surface area contributed by atoms with Gasteiger partial charge >= 0.3 is 0 Å². The van der Waals surface area contributed by atoms with E-state index in [-0.39, 0.29) is 11.7 Å². The first-order valence-corrected chi connectivity index (χ1v) is 4.14. The maximum atomic E-state index is 11.3. The number of ketones is 2. The van der Waals surface area contributed by atoms with Crippen LogP contribution in [0.2, 0.25) is 0 Å². The van der Waals surface area contributed by atoms with E-state index in [1.165, 1.54) is 6.92 Å². The van der Waals surface area contributed by atoms with Gasteiger partial charge in [0.25, 0.3) is 0 Å². The lowest BCUT2D eigenvalue weighted by molar-refractivity contribution is -0.127. The number of carbonyl (C=O) groups excluding carboxylic acids is 2. The third-order valence-corrected chi connectivity index (χ3v) is 2.06. The predicted molar refractivity (Wildman–Crippen MR) is 42.2 cm³/mol. The van der Waals surface area contributed by atoms with E-state index in [2.05, 4.69) is 0 Å². The Labute approximate surface area is 67.0 Å². The molecule has 0 radical (unpaired) electrons. The molecule has 0 saturated heterocycles. The first-order valence-electron chi connectivity index (χ1n) is 4.14. The second-order valence-corrected chi connectivity index (χ2v) is 3.48. The largest absolute Gasteiger partial charge is 0.300 e. The van der Waals surface area contributed by atoms with Gasteiger partial charge < -0.3 is 4.79 Å². The molecule has 2 heteroatoms. The summed E-state index contributed by atoms with van der Waals surface area (Å²) in [5.41, 5.74) is 0. The number of hydrogen-bond acceptors (Lipinski definition) is 2. The molecule has 1 rings (SSSR count). The van der Waals surface area contributed by atoms with E-state index >= 15 is 0 Å². The van der Waals surface area contributed by atoms with E-state index in [9.17, 15) is 9.59 Å². The van der Waals surface area contributed by atoms with Crippen LogP contribution in [0, 0.1) is 11.8 Å². The summed E-state index contributed by atoms with van der Waals surface area (Å²) in [6.45, 7) is 3.39. The van der Waals surface area contributed by atoms with Gasteiger partial charge in [0.05, 0.1) is 0 Å². The molecule has 1 aliphatic carbocycles. The van der Waals surface area contributed by atoms with Crippen LogP contribution in [-0.2, 0) is 9.59 Å². The van der Waals surface area contributed by atoms with Gasteiger partial charge in [0.1, 0.15) is 11.6 Å². The van der Waals surface area contributed by atoms with Crippen molar-refractivity contribution in [2.24, 2.45) is 11.8 Å². The van der Waals surface area contributed by atoms with Crippen molar-refractivity contribution in [1.82, 2.24) is 0 Å². The van der Waals surface area contributed by atoms with Crippen LogP contribution in [0.1, 0.15) is 33.1 Å². The Kier molecular flexibility index (Phi) is 2.42. The molecule has 1 fully saturated rings. The maximum absolute atomic E-state index is 11.3. The maximum Gasteiger partial charge on any atom is 0.139 e. The van der Waals surface area contributed by atoms with Crippen LogP contribution in [0.4, 0.5) is 0 Å². The van der Waals surface area contributed by atoms with Crippen molar-refractivity contribution >= 4 is 11.6 Å². The first-order chi connectivity index (χ1) is 5.11. The predicted octanol–water partition coefficient (Wildman–Crippen LogP) is 1.58. The molecular weight excluding hydrogens is 140 g/mol. The van der Waals surface area contributed by atoms with Gasteiger partial charge in [0.2, 0.25) is 0 Å². The fourth-order valence-corrected chi connectivity index (χ4v) is 1.30. The van der Waals surface area contributed by atoms with Crippen molar-refractivity contribution < 1.29 is 9.59 Å². The minimum atomic E-state index is -0.0417. The zero-order chi connectivity index (χ0) is 8.43. The molecule has 1 atom stereocenters. The summed E-state index contributed by atoms with van der Waals surface area (Å²) < 4.78 is 0. The second kappa shape index (κ2) is 3.16. The Hall–Kier alpha value is -0.660. The van der Waals surface area contributed by atoms with E-state index in [4.69, 9.17) is 0 Å². The normalized spacial score (nSPS) is 19.5. The molecule has 0 aliphatic heterocycles. The molecule has 1 aliphatic rings. The van der Waals surface area contributed by atoms with Crippen molar-refractivity contribution in [2.45, 2.75) is 33.1 Å². The lowest BCUT2D eigenvalue weighted by atomic mass is 9.97. The summed E-state index contributed by atoms with van der Waals surface area (Å²) in [5.74, 6) is 0.663. The lowest BCUT2D eigenvalue weighted by Gasteiger charge is -2.05. The fraction of sp³-hybridized carbons (Fsp3) is 0.778. The van der Waals surface area contributed by atoms with Crippen LogP contribution in [0.5, 0.6) is 0 Å². The summed E-state index contributed by atoms with van der Waals surface area (Å²) in [5, 5.41) is 0. The van der Waals surface area contributed by atoms with Crippen molar-refractivity contribution in [3.63, 3.8) is 0 Å². The summed E-state index contributed by atoms with van der Waals surface area (Å²) in [4.78, 5) is 21.9. The fourth-order valence-electron chi connectivity index (χ4n) is 1.30. The average molecular weight is 154 g/mol. The number of hydrogen-bond donors (Lipinski definition) is 0. The minimum absolute atomic E-state index is 0.0417. The van der Waals surface area contributed by atoms with E-state index in [1.54, 1.807) is 0 Å². The molecule has 0 aromatic rings. The summed E-state index contributed by atoms with van der Waals surface area (Å²) in [6, 6.07) is 0. The molecule has 11 heavy (non-hydrogen) atoms. The van der Waals surface area contributed by atoms with Gasteiger partial charge in [-0.05, 0) is 19.8 Å². The van der Waals surface area contributed by atoms with Crippen LogP contribution in [-0.4, -0.2) is 11.6 Å². The molecule has 0 N–H and O–H groups in total. The SMILES string of the molecule is CC(=O)CC(C)C(=O)C1CC1. The van der Waals surface area contributed by atoms with Gasteiger partial charge in [0.15, 0.2) is 0 Å². The van der Waals surface area contributed by atoms with Crippen molar-refractivity contribution in [2.75, 3.05) is 0 Å². The van der Waals surface area contributed by atoms with Crippen molar-refractivity contribution in [3.8, 4) is 0 Å². The highest BCUT2D eigenvalue weighted by molar-refractivity contribution is 5.89. The quantitative estimate of drug-likeness (QED) is 0.616. The molecule has 2 nitrogen and oxygen atoms in total. The standard InChI is InChI=1S/C9H14O2/c1-6(5-7(2)10)9(11)8-3-4-8/h6,8H,3-5H2,1-2H3. The van der Waals surface area contributed by atoms with Crippen LogP contribution in [0.15, 0.2) is 0 Å². The third kappa shape index (κ3) is 2.45. The van der Waals surface area contributed by atoms with Crippen LogP contribution in [0.25, 0.3) is 0 Å². The van der Waals surface area contributed by atoms with Crippen LogP contribution >= 0.6 is 0 Å². The van der Waals surface area contributed by atoms with Gasteiger partial charge in [-0.2, -0.15) is 0 Å². The van der Waals surface area contributed by atoms with E-state index in [0.717, 1.165) is 12.8 Å². The monoisotopic (exact) mass is 154 g/mol. The van der Waals surface area contributed by atoms with Crippen LogP contribution in [0.3, 0.4) is 0 Å². The molecule has 0 spiro atoms. The Morgan fingerprint density at radius 1 is 1.45 bits per heavy atom. The van der Waals surface area contributed by atoms with Gasteiger partial charge in [-0.3, -0.25) is 4.79 Å². The average Bonchev–Trinajstić information content (AvgIpc) is 2.65. The second-order valence-electron chi connectivity index (χ2n) is 3.48. The molecule has 62 valence electrons. The Morgan fingerprint density at radius 2 is 2.00 bits per heavy atom. The Morgan fingerprint density at radius 3 is 2.36 bits per heavy atom. The molecule has 0 aromatic carbocycles. The van der Waals surface area contributed by atoms with Crippen molar-refractivity contribution in [1.29, 1.82) is 0 Å². The Bertz CT molecular complexity index is 180. The lowest BCUT2D eigenvalue weighted by Crippen LogP contribution is -2.15. The van der Waals surface area contributed by atoms with E-state index in [0.29, 0.717) is 18.1 Å². The highest BCUT2D eigenvalue weighted by atomic mass is 16.1. The third-order valence-electron chi connectivity index (χ3n) is 2.06. The number of Topliss-reactive ketones (excluding diaryl/α,β-unsaturated/α-hetero) is 2. The van der Waals surface area contributed by atoms with Crippen molar-refractivity contribution in [3.05, 3.63) is 0 Å². The molecule has 0 amide bonds. The van der Waals surface area contributed by atoms with Crippen LogP contribution < -0.4 is 0 Å². The molecule has 1 saturated carbocycles. The number of carbonyl (C=O) groups is 2. The smallest absolute Gasteiger partial charge is 0.139 e. The minimum Gasteiger partial charge on any atom is -0.300 e. The summed E-state index contributed by atoms with van der Waals surface area (Å²) in [7, 11) is 0. The van der Waals surface area contributed by atoms with E-state index < -0.39 is 0 Å². The highest BCUT2D eigenvalue weighted by Crippen LogP contribution is 2.33. The molecular formula is C9H14O2. The molecule has 0 aromatic heterocycles. The van der Waals surface area contributed by atoms with E-state index in [1.807, 2.05) is 6.92 Å². The summed E-state index contributed by atoms with van der Waals surface area (Å²) >= 11 is 0. The zero-order valence-corrected chi connectivity index (χ0v) is 7.09. The van der Waals surface area contributed by atoms with Gasteiger partial charge in [-0.15, -0.1) is 0 Å². The van der Waals surface area contributed by atoms with Gasteiger partial charge in [-0.25, -0.2) is 0 Å². The van der Waals surface area contributed by atoms with Gasteiger partial charge in [0, 0.05) is 18.3 Å². The molecule has 1 unspecified atom stereocenters. The Balaban J connectivity index is 2.33. The molecule has 0 bridgehead atoms. The number of rotatable bonds is 4. The summed E-state index contributed by atoms with van der Waals surface area (Å²) in [6.07, 6.45) is 2.51. The molecule has 0 heterocycles. The topological polar surface area (TPSA) is 34.1 Å². The zero-order valence-electron chi connectivity index (χ0n) is 7.09. The highest BCUT2D eigenvalue weighted by Gasteiger charge is 2.32.